The van der Waals surface area contributed by atoms with E-state index in [4.69, 9.17) is 9.73 Å². The third kappa shape index (κ3) is 4.31. The number of carbonyl (C=O) groups is 1. The van der Waals surface area contributed by atoms with Gasteiger partial charge in [0.05, 0.1) is 23.4 Å². The van der Waals surface area contributed by atoms with Crippen LogP contribution in [0.5, 0.6) is 11.5 Å². The molecular weight excluding hydrogens is 488 g/mol. The van der Waals surface area contributed by atoms with Crippen molar-refractivity contribution in [1.82, 2.24) is 0 Å². The first-order valence-corrected chi connectivity index (χ1v) is 11.5. The van der Waals surface area contributed by atoms with E-state index in [1.807, 2.05) is 62.4 Å². The minimum atomic E-state index is -0.199. The molecule has 1 aliphatic heterocycles. The zero-order valence-electron chi connectivity index (χ0n) is 17.8. The third-order valence-electron chi connectivity index (χ3n) is 5.07. The number of ether oxygens (including phenoxy) is 1. The Kier molecular flexibility index (Phi) is 6.39. The largest absolute Gasteiger partial charge is 0.504 e. The van der Waals surface area contributed by atoms with Crippen LogP contribution in [0.2, 0.25) is 0 Å². The predicted molar refractivity (Wildman–Crippen MR) is 135 cm³/mol. The molecule has 1 aliphatic rings. The second-order valence-corrected chi connectivity index (χ2v) is 9.19. The number of para-hydroxylation sites is 2. The van der Waals surface area contributed by atoms with Crippen LogP contribution in [0.15, 0.2) is 75.0 Å². The van der Waals surface area contributed by atoms with Crippen LogP contribution in [-0.4, -0.2) is 23.3 Å². The van der Waals surface area contributed by atoms with E-state index in [-0.39, 0.29) is 11.7 Å². The van der Waals surface area contributed by atoms with Crippen molar-refractivity contribution in [3.8, 4) is 11.5 Å². The van der Waals surface area contributed by atoms with Crippen LogP contribution in [-0.2, 0) is 4.79 Å². The van der Waals surface area contributed by atoms with E-state index in [1.165, 1.54) is 18.9 Å². The number of hydrogen-bond acceptors (Lipinski definition) is 5. The lowest BCUT2D eigenvalue weighted by Gasteiger charge is -2.18. The molecule has 3 aromatic carbocycles. The molecule has 0 aliphatic carbocycles. The van der Waals surface area contributed by atoms with Gasteiger partial charge in [-0.05, 0) is 67.1 Å². The van der Waals surface area contributed by atoms with Gasteiger partial charge < -0.3 is 9.84 Å². The van der Waals surface area contributed by atoms with Gasteiger partial charge in [-0.2, -0.15) is 0 Å². The summed E-state index contributed by atoms with van der Waals surface area (Å²) in [6, 6.07) is 18.9. The first-order chi connectivity index (χ1) is 15.4. The fourth-order valence-electron chi connectivity index (χ4n) is 3.37. The molecule has 162 valence electrons. The number of anilines is 1. The number of rotatable bonds is 4. The van der Waals surface area contributed by atoms with E-state index in [1.54, 1.807) is 23.1 Å². The minimum Gasteiger partial charge on any atom is -0.504 e. The lowest BCUT2D eigenvalue weighted by Crippen LogP contribution is -2.29. The summed E-state index contributed by atoms with van der Waals surface area (Å²) in [5.74, 6) is 0.101. The van der Waals surface area contributed by atoms with Crippen molar-refractivity contribution in [2.45, 2.75) is 13.8 Å². The zero-order valence-corrected chi connectivity index (χ0v) is 20.2. The number of hydrogen-bond donors (Lipinski definition) is 1. The normalized spacial score (nSPS) is 16.2. The van der Waals surface area contributed by atoms with E-state index >= 15 is 0 Å². The molecule has 1 N–H and O–H groups in total. The zero-order chi connectivity index (χ0) is 22.8. The van der Waals surface area contributed by atoms with Gasteiger partial charge in [0.25, 0.3) is 5.91 Å². The highest BCUT2D eigenvalue weighted by Gasteiger charge is 2.35. The number of thioether (sulfide) groups is 1. The van der Waals surface area contributed by atoms with Gasteiger partial charge in [-0.1, -0.05) is 52.3 Å². The summed E-state index contributed by atoms with van der Waals surface area (Å²) in [7, 11) is 1.49. The van der Waals surface area contributed by atoms with E-state index in [0.717, 1.165) is 27.0 Å². The van der Waals surface area contributed by atoms with Gasteiger partial charge in [0, 0.05) is 10.0 Å². The molecule has 7 heteroatoms. The lowest BCUT2D eigenvalue weighted by molar-refractivity contribution is -0.113. The Hall–Kier alpha value is -3.03. The van der Waals surface area contributed by atoms with Crippen molar-refractivity contribution < 1.29 is 14.6 Å². The van der Waals surface area contributed by atoms with Gasteiger partial charge in [-0.15, -0.1) is 0 Å². The molecule has 0 saturated carbocycles. The fourth-order valence-corrected chi connectivity index (χ4v) is 4.80. The molecule has 3 aromatic rings. The Bertz CT molecular complexity index is 1270. The molecule has 0 bridgehead atoms. The lowest BCUT2D eigenvalue weighted by atomic mass is 10.1. The molecule has 1 heterocycles. The maximum absolute atomic E-state index is 13.5. The second-order valence-electron chi connectivity index (χ2n) is 7.26. The van der Waals surface area contributed by atoms with Crippen LogP contribution in [0, 0.1) is 13.8 Å². The molecule has 5 nitrogen and oxygen atoms in total. The number of halogens is 1. The predicted octanol–water partition coefficient (Wildman–Crippen LogP) is 6.59. The summed E-state index contributed by atoms with van der Waals surface area (Å²) in [6.07, 6.45) is 1.67. The number of methoxy groups -OCH3 is 1. The topological polar surface area (TPSA) is 62.1 Å². The average molecular weight is 509 g/mol. The SMILES string of the molecule is COc1cc(Br)cc(/C=C2\SC(=Nc3ccccc3C)N(c3ccccc3C)C2=O)c1O. The molecule has 0 aromatic heterocycles. The fraction of sp³-hybridized carbons (Fsp3) is 0.120. The number of aliphatic imine (C=N–C) groups is 1. The maximum atomic E-state index is 13.5. The van der Waals surface area contributed by atoms with Crippen molar-refractivity contribution in [1.29, 1.82) is 0 Å². The van der Waals surface area contributed by atoms with Crippen LogP contribution in [0.4, 0.5) is 11.4 Å². The van der Waals surface area contributed by atoms with Gasteiger partial charge in [0.1, 0.15) is 0 Å². The Morgan fingerprint density at radius 2 is 1.75 bits per heavy atom. The van der Waals surface area contributed by atoms with Gasteiger partial charge in [0.15, 0.2) is 16.7 Å². The molecule has 0 unspecified atom stereocenters. The Balaban J connectivity index is 1.85. The summed E-state index contributed by atoms with van der Waals surface area (Å²) < 4.78 is 5.98. The smallest absolute Gasteiger partial charge is 0.271 e. The summed E-state index contributed by atoms with van der Waals surface area (Å²) in [5.41, 5.74) is 4.04. The van der Waals surface area contributed by atoms with Crippen molar-refractivity contribution in [3.63, 3.8) is 0 Å². The standard InChI is InChI=1S/C25H21BrN2O3S/c1-15-8-4-6-10-19(15)27-25-28(20-11-7-5-9-16(20)2)24(30)22(32-25)13-17-12-18(26)14-21(31-3)23(17)29/h4-14,29H,1-3H3/b22-13-,27-25?. The number of amidine groups is 1. The van der Waals surface area contributed by atoms with E-state index < -0.39 is 0 Å². The van der Waals surface area contributed by atoms with Crippen molar-refractivity contribution in [2.24, 2.45) is 4.99 Å². The van der Waals surface area contributed by atoms with E-state index in [0.29, 0.717) is 21.4 Å². The molecule has 0 atom stereocenters. The second kappa shape index (κ2) is 9.22. The van der Waals surface area contributed by atoms with Crippen LogP contribution in [0.3, 0.4) is 0 Å². The Morgan fingerprint density at radius 1 is 1.06 bits per heavy atom. The number of phenols is 1. The first-order valence-electron chi connectivity index (χ1n) is 9.89. The van der Waals surface area contributed by atoms with Crippen molar-refractivity contribution >= 4 is 56.2 Å². The molecular formula is C25H21BrN2O3S. The van der Waals surface area contributed by atoms with Gasteiger partial charge in [0.2, 0.25) is 0 Å². The summed E-state index contributed by atoms with van der Waals surface area (Å²) in [5, 5.41) is 11.1. The third-order valence-corrected chi connectivity index (χ3v) is 6.50. The Labute approximate surface area is 199 Å². The van der Waals surface area contributed by atoms with Crippen LogP contribution in [0.25, 0.3) is 6.08 Å². The van der Waals surface area contributed by atoms with Crippen LogP contribution < -0.4 is 9.64 Å². The highest BCUT2D eigenvalue weighted by atomic mass is 79.9. The molecule has 0 spiro atoms. The van der Waals surface area contributed by atoms with Crippen LogP contribution >= 0.6 is 27.7 Å². The van der Waals surface area contributed by atoms with Gasteiger partial charge >= 0.3 is 0 Å². The number of amides is 1. The van der Waals surface area contributed by atoms with Gasteiger partial charge in [-0.3, -0.25) is 9.69 Å². The molecule has 32 heavy (non-hydrogen) atoms. The van der Waals surface area contributed by atoms with Crippen molar-refractivity contribution in [2.75, 3.05) is 12.0 Å². The molecule has 1 saturated heterocycles. The van der Waals surface area contributed by atoms with Crippen LogP contribution in [0.1, 0.15) is 16.7 Å². The number of nitrogens with zero attached hydrogens (tertiary/aromatic N) is 2. The summed E-state index contributed by atoms with van der Waals surface area (Å²) in [6.45, 7) is 3.95. The monoisotopic (exact) mass is 508 g/mol. The maximum Gasteiger partial charge on any atom is 0.271 e. The average Bonchev–Trinajstić information content (AvgIpc) is 3.07. The number of benzene rings is 3. The molecule has 1 amide bonds. The number of aromatic hydroxyl groups is 1. The molecule has 0 radical (unpaired) electrons. The quantitative estimate of drug-likeness (QED) is 0.403. The minimum absolute atomic E-state index is 0.0247. The van der Waals surface area contributed by atoms with E-state index in [2.05, 4.69) is 15.9 Å². The van der Waals surface area contributed by atoms with Gasteiger partial charge in [-0.25, -0.2) is 4.99 Å². The number of carbonyl (C=O) groups excluding carboxylic acids is 1. The summed E-state index contributed by atoms with van der Waals surface area (Å²) in [4.78, 5) is 20.4. The number of phenolic OH excluding ortho intramolecular Hbond substituents is 1. The highest BCUT2D eigenvalue weighted by molar-refractivity contribution is 9.10. The van der Waals surface area contributed by atoms with E-state index in [9.17, 15) is 9.90 Å². The Morgan fingerprint density at radius 3 is 2.44 bits per heavy atom. The highest BCUT2D eigenvalue weighted by Crippen LogP contribution is 2.41. The first kappa shape index (κ1) is 22.2. The molecule has 4 rings (SSSR count). The molecule has 1 fully saturated rings. The number of aryl methyl sites for hydroxylation is 2. The van der Waals surface area contributed by atoms with Crippen molar-refractivity contribution in [3.05, 3.63) is 86.7 Å². The summed E-state index contributed by atoms with van der Waals surface area (Å²) >= 11 is 4.71.